The molecule has 3 unspecified atom stereocenters. The van der Waals surface area contributed by atoms with Crippen molar-refractivity contribution in [2.75, 3.05) is 0 Å². The molecule has 0 bridgehead atoms. The van der Waals surface area contributed by atoms with E-state index in [-0.39, 0.29) is 18.1 Å². The van der Waals surface area contributed by atoms with Gasteiger partial charge >= 0.3 is 5.97 Å². The fraction of sp³-hybridized carbons (Fsp3) is 0.900. The monoisotopic (exact) mass is 186 g/mol. The van der Waals surface area contributed by atoms with Gasteiger partial charge in [-0.15, -0.1) is 0 Å². The number of carbonyl (C=O) groups is 1. The van der Waals surface area contributed by atoms with E-state index in [0.717, 1.165) is 19.3 Å². The van der Waals surface area contributed by atoms with Crippen molar-refractivity contribution < 1.29 is 14.6 Å². The van der Waals surface area contributed by atoms with Crippen molar-refractivity contribution in [2.45, 2.75) is 51.7 Å². The molecule has 3 heteroatoms. The van der Waals surface area contributed by atoms with Crippen LogP contribution in [0.2, 0.25) is 0 Å². The van der Waals surface area contributed by atoms with E-state index in [9.17, 15) is 4.79 Å². The van der Waals surface area contributed by atoms with Gasteiger partial charge in [-0.05, 0) is 19.3 Å². The van der Waals surface area contributed by atoms with Gasteiger partial charge in [0.25, 0.3) is 0 Å². The lowest BCUT2D eigenvalue weighted by molar-refractivity contribution is -0.143. The van der Waals surface area contributed by atoms with Gasteiger partial charge in [0, 0.05) is 0 Å². The first kappa shape index (κ1) is 10.5. The van der Waals surface area contributed by atoms with Gasteiger partial charge < -0.3 is 9.84 Å². The molecule has 0 aromatic rings. The summed E-state index contributed by atoms with van der Waals surface area (Å²) in [7, 11) is 0. The minimum Gasteiger partial charge on any atom is -0.481 e. The quantitative estimate of drug-likeness (QED) is 0.731. The third-order valence-electron chi connectivity index (χ3n) is 2.66. The summed E-state index contributed by atoms with van der Waals surface area (Å²) in [5, 5.41) is 8.92. The summed E-state index contributed by atoms with van der Waals surface area (Å²) in [5.74, 6) is -0.980. The highest BCUT2D eigenvalue weighted by molar-refractivity contribution is 5.71. The van der Waals surface area contributed by atoms with Gasteiger partial charge in [0.1, 0.15) is 0 Å². The van der Waals surface area contributed by atoms with Gasteiger partial charge in [0.2, 0.25) is 0 Å². The lowest BCUT2D eigenvalue weighted by Gasteiger charge is -2.12. The van der Waals surface area contributed by atoms with Gasteiger partial charge in [0.05, 0.1) is 18.1 Å². The largest absolute Gasteiger partial charge is 0.481 e. The molecule has 3 nitrogen and oxygen atoms in total. The maximum Gasteiger partial charge on any atom is 0.309 e. The van der Waals surface area contributed by atoms with Crippen LogP contribution in [0, 0.1) is 5.92 Å². The zero-order valence-corrected chi connectivity index (χ0v) is 8.32. The van der Waals surface area contributed by atoms with E-state index >= 15 is 0 Å². The van der Waals surface area contributed by atoms with Crippen LogP contribution >= 0.6 is 0 Å². The van der Waals surface area contributed by atoms with Gasteiger partial charge in [-0.25, -0.2) is 0 Å². The molecule has 1 fully saturated rings. The number of hydrogen-bond acceptors (Lipinski definition) is 2. The summed E-state index contributed by atoms with van der Waals surface area (Å²) < 4.78 is 5.64. The minimum atomic E-state index is -0.703. The molecule has 1 aliphatic rings. The van der Waals surface area contributed by atoms with Crippen molar-refractivity contribution in [1.29, 1.82) is 0 Å². The highest BCUT2D eigenvalue weighted by atomic mass is 16.5. The number of rotatable bonds is 4. The maximum atomic E-state index is 10.8. The highest BCUT2D eigenvalue weighted by Crippen LogP contribution is 2.30. The molecule has 0 amide bonds. The Morgan fingerprint density at radius 3 is 2.62 bits per heavy atom. The standard InChI is InChI=1S/C10H18O3/c1-3-5-7-6-8(10(11)12)9(4-2)13-7/h7-9H,3-6H2,1-2H3,(H,11,12). The lowest BCUT2D eigenvalue weighted by atomic mass is 9.97. The van der Waals surface area contributed by atoms with E-state index in [1.165, 1.54) is 0 Å². The first-order valence-electron chi connectivity index (χ1n) is 5.07. The fourth-order valence-corrected chi connectivity index (χ4v) is 1.98. The number of carboxylic acids is 1. The smallest absolute Gasteiger partial charge is 0.309 e. The average molecular weight is 186 g/mol. The summed E-state index contributed by atoms with van der Waals surface area (Å²) in [6.07, 6.45) is 3.66. The molecule has 76 valence electrons. The highest BCUT2D eigenvalue weighted by Gasteiger charge is 2.37. The Bertz CT molecular complexity index is 179. The van der Waals surface area contributed by atoms with Crippen LogP contribution in [0.5, 0.6) is 0 Å². The van der Waals surface area contributed by atoms with Crippen LogP contribution in [0.25, 0.3) is 0 Å². The van der Waals surface area contributed by atoms with Crippen LogP contribution in [0.4, 0.5) is 0 Å². The molecule has 1 N–H and O–H groups in total. The van der Waals surface area contributed by atoms with Crippen molar-refractivity contribution in [3.63, 3.8) is 0 Å². The molecule has 0 saturated carbocycles. The van der Waals surface area contributed by atoms with Crippen LogP contribution < -0.4 is 0 Å². The molecule has 0 aromatic carbocycles. The van der Waals surface area contributed by atoms with Crippen LogP contribution in [0.15, 0.2) is 0 Å². The molecule has 1 saturated heterocycles. The number of carboxylic acid groups (broad SMARTS) is 1. The molecule has 3 atom stereocenters. The third kappa shape index (κ3) is 2.44. The van der Waals surface area contributed by atoms with E-state index in [1.807, 2.05) is 6.92 Å². The summed E-state index contributed by atoms with van der Waals surface area (Å²) in [4.78, 5) is 10.8. The van der Waals surface area contributed by atoms with Crippen molar-refractivity contribution in [2.24, 2.45) is 5.92 Å². The van der Waals surface area contributed by atoms with Crippen LogP contribution in [-0.4, -0.2) is 23.3 Å². The summed E-state index contributed by atoms with van der Waals surface area (Å²) in [6.45, 7) is 4.08. The summed E-state index contributed by atoms with van der Waals surface area (Å²) in [5.41, 5.74) is 0. The molecule has 0 aromatic heterocycles. The van der Waals surface area contributed by atoms with E-state index in [1.54, 1.807) is 0 Å². The first-order valence-corrected chi connectivity index (χ1v) is 5.07. The zero-order chi connectivity index (χ0) is 9.84. The van der Waals surface area contributed by atoms with Crippen LogP contribution in [-0.2, 0) is 9.53 Å². The Morgan fingerprint density at radius 1 is 1.54 bits per heavy atom. The van der Waals surface area contributed by atoms with Gasteiger partial charge in [0.15, 0.2) is 0 Å². The van der Waals surface area contributed by atoms with E-state index in [4.69, 9.17) is 9.84 Å². The Morgan fingerprint density at radius 2 is 2.23 bits per heavy atom. The Kier molecular flexibility index (Phi) is 3.72. The van der Waals surface area contributed by atoms with Crippen molar-refractivity contribution in [3.8, 4) is 0 Å². The van der Waals surface area contributed by atoms with E-state index in [2.05, 4.69) is 6.92 Å². The Labute approximate surface area is 79.1 Å². The molecule has 1 rings (SSSR count). The second-order valence-corrected chi connectivity index (χ2v) is 3.67. The number of aliphatic carboxylic acids is 1. The molecular weight excluding hydrogens is 168 g/mol. The van der Waals surface area contributed by atoms with Gasteiger partial charge in [-0.1, -0.05) is 20.3 Å². The molecule has 1 heterocycles. The Balaban J connectivity index is 2.50. The molecule has 0 spiro atoms. The van der Waals surface area contributed by atoms with Gasteiger partial charge in [-0.2, -0.15) is 0 Å². The number of ether oxygens (including phenoxy) is 1. The minimum absolute atomic E-state index is 0.0611. The van der Waals surface area contributed by atoms with E-state index in [0.29, 0.717) is 6.42 Å². The summed E-state index contributed by atoms with van der Waals surface area (Å²) in [6, 6.07) is 0. The van der Waals surface area contributed by atoms with Crippen molar-refractivity contribution in [3.05, 3.63) is 0 Å². The molecular formula is C10H18O3. The first-order chi connectivity index (χ1) is 6.19. The fourth-order valence-electron chi connectivity index (χ4n) is 1.98. The lowest BCUT2D eigenvalue weighted by Crippen LogP contribution is -2.22. The predicted molar refractivity (Wildman–Crippen MR) is 49.6 cm³/mol. The van der Waals surface area contributed by atoms with Crippen LogP contribution in [0.1, 0.15) is 39.5 Å². The van der Waals surface area contributed by atoms with E-state index < -0.39 is 5.97 Å². The third-order valence-corrected chi connectivity index (χ3v) is 2.66. The normalized spacial score (nSPS) is 33.5. The Hall–Kier alpha value is -0.570. The summed E-state index contributed by atoms with van der Waals surface area (Å²) >= 11 is 0. The molecule has 0 radical (unpaired) electrons. The number of hydrogen-bond donors (Lipinski definition) is 1. The van der Waals surface area contributed by atoms with Crippen LogP contribution in [0.3, 0.4) is 0 Å². The van der Waals surface area contributed by atoms with Crippen molar-refractivity contribution >= 4 is 5.97 Å². The van der Waals surface area contributed by atoms with Gasteiger partial charge in [-0.3, -0.25) is 4.79 Å². The predicted octanol–water partition coefficient (Wildman–Crippen LogP) is 2.05. The SMILES string of the molecule is CCCC1CC(C(=O)O)C(CC)O1. The average Bonchev–Trinajstić information content (AvgIpc) is 2.48. The molecule has 13 heavy (non-hydrogen) atoms. The molecule has 0 aliphatic carbocycles. The second kappa shape index (κ2) is 4.61. The zero-order valence-electron chi connectivity index (χ0n) is 8.32. The maximum absolute atomic E-state index is 10.8. The second-order valence-electron chi connectivity index (χ2n) is 3.67. The van der Waals surface area contributed by atoms with Crippen molar-refractivity contribution in [1.82, 2.24) is 0 Å². The molecule has 1 aliphatic heterocycles. The topological polar surface area (TPSA) is 46.5 Å².